The molecule has 1 unspecified atom stereocenters. The number of carbonyl (C=O) groups excluding carboxylic acids is 1. The molecule has 1 amide bonds. The van der Waals surface area contributed by atoms with E-state index in [2.05, 4.69) is 10.2 Å². The fourth-order valence-corrected chi connectivity index (χ4v) is 1.64. The largest absolute Gasteiger partial charge is 0.479 e. The van der Waals surface area contributed by atoms with Gasteiger partial charge in [-0.2, -0.15) is 18.3 Å². The van der Waals surface area contributed by atoms with Crippen molar-refractivity contribution < 1.29 is 27.9 Å². The smallest absolute Gasteiger partial charge is 0.397 e. The van der Waals surface area contributed by atoms with E-state index in [9.17, 15) is 22.8 Å². The van der Waals surface area contributed by atoms with E-state index in [0.29, 0.717) is 11.4 Å². The first kappa shape index (κ1) is 15.0. The average Bonchev–Trinajstić information content (AvgIpc) is 2.52. The number of halogens is 3. The molecule has 1 aromatic rings. The normalized spacial score (nSPS) is 13.1. The van der Waals surface area contributed by atoms with Gasteiger partial charge in [0, 0.05) is 11.3 Å². The molecule has 19 heavy (non-hydrogen) atoms. The van der Waals surface area contributed by atoms with E-state index >= 15 is 0 Å². The van der Waals surface area contributed by atoms with E-state index < -0.39 is 30.5 Å². The third-order valence-electron chi connectivity index (χ3n) is 2.39. The number of nitrogens with one attached hydrogen (secondary N) is 2. The quantitative estimate of drug-likeness (QED) is 0.772. The summed E-state index contributed by atoms with van der Waals surface area (Å²) in [6.07, 6.45) is -6.42. The Balaban J connectivity index is 2.92. The summed E-state index contributed by atoms with van der Waals surface area (Å²) < 4.78 is 36.1. The summed E-state index contributed by atoms with van der Waals surface area (Å²) in [6, 6.07) is -1.56. The first-order valence-electron chi connectivity index (χ1n) is 5.22. The van der Waals surface area contributed by atoms with Crippen LogP contribution in [0.2, 0.25) is 0 Å². The molecular weight excluding hydrogens is 267 g/mol. The molecule has 0 bridgehead atoms. The highest BCUT2D eigenvalue weighted by molar-refractivity contribution is 5.85. The number of carboxylic acids is 1. The highest BCUT2D eigenvalue weighted by Crippen LogP contribution is 2.23. The topological polar surface area (TPSA) is 95.1 Å². The van der Waals surface area contributed by atoms with Gasteiger partial charge in [0.15, 0.2) is 6.04 Å². The molecule has 0 aromatic carbocycles. The second-order valence-electron chi connectivity index (χ2n) is 3.98. The lowest BCUT2D eigenvalue weighted by Crippen LogP contribution is -2.36. The van der Waals surface area contributed by atoms with Gasteiger partial charge in [0.25, 0.3) is 0 Å². The van der Waals surface area contributed by atoms with Crippen molar-refractivity contribution in [3.63, 3.8) is 0 Å². The summed E-state index contributed by atoms with van der Waals surface area (Å²) in [5.41, 5.74) is 0.831. The van der Waals surface area contributed by atoms with Crippen LogP contribution in [0.3, 0.4) is 0 Å². The van der Waals surface area contributed by atoms with Crippen LogP contribution in [-0.2, 0) is 9.59 Å². The van der Waals surface area contributed by atoms with Crippen molar-refractivity contribution in [2.24, 2.45) is 0 Å². The van der Waals surface area contributed by atoms with Crippen LogP contribution in [0.4, 0.5) is 13.2 Å². The second kappa shape index (κ2) is 5.29. The van der Waals surface area contributed by atoms with Gasteiger partial charge in [-0.3, -0.25) is 9.89 Å². The Morgan fingerprint density at radius 1 is 1.42 bits per heavy atom. The Morgan fingerprint density at radius 3 is 2.37 bits per heavy atom. The Bertz CT molecular complexity index is 476. The fraction of sp³-hybridized carbons (Fsp3) is 0.500. The number of carbonyl (C=O) groups is 2. The summed E-state index contributed by atoms with van der Waals surface area (Å²) >= 11 is 0. The molecule has 1 atom stereocenters. The number of carboxylic acid groups (broad SMARTS) is 1. The van der Waals surface area contributed by atoms with Crippen LogP contribution in [0.5, 0.6) is 0 Å². The molecule has 9 heteroatoms. The third kappa shape index (κ3) is 3.97. The molecule has 0 aliphatic heterocycles. The van der Waals surface area contributed by atoms with E-state index in [4.69, 9.17) is 5.11 Å². The maximum absolute atomic E-state index is 12.0. The molecule has 0 radical (unpaired) electrons. The summed E-state index contributed by atoms with van der Waals surface area (Å²) in [4.78, 5) is 22.2. The third-order valence-corrected chi connectivity index (χ3v) is 2.39. The lowest BCUT2D eigenvalue weighted by atomic mass is 10.0. The van der Waals surface area contributed by atoms with Crippen molar-refractivity contribution in [1.29, 1.82) is 0 Å². The maximum Gasteiger partial charge on any atom is 0.397 e. The number of hydrogen-bond donors (Lipinski definition) is 3. The van der Waals surface area contributed by atoms with Crippen molar-refractivity contribution >= 4 is 11.9 Å². The molecule has 0 fully saturated rings. The van der Waals surface area contributed by atoms with Crippen LogP contribution in [0.15, 0.2) is 0 Å². The van der Waals surface area contributed by atoms with E-state index in [1.54, 1.807) is 0 Å². The van der Waals surface area contributed by atoms with Crippen molar-refractivity contribution in [2.75, 3.05) is 0 Å². The number of aromatic amines is 1. The lowest BCUT2D eigenvalue weighted by Gasteiger charge is -2.15. The maximum atomic E-state index is 12.0. The van der Waals surface area contributed by atoms with Gasteiger partial charge < -0.3 is 10.4 Å². The lowest BCUT2D eigenvalue weighted by molar-refractivity contribution is -0.157. The molecule has 3 N–H and O–H groups in total. The number of amides is 1. The summed E-state index contributed by atoms with van der Waals surface area (Å²) in [7, 11) is 0. The summed E-state index contributed by atoms with van der Waals surface area (Å²) in [5.74, 6) is -2.86. The van der Waals surface area contributed by atoms with Gasteiger partial charge in [0.2, 0.25) is 5.91 Å². The number of aromatic nitrogens is 2. The summed E-state index contributed by atoms with van der Waals surface area (Å²) in [6.45, 7) is 3.01. The van der Waals surface area contributed by atoms with Gasteiger partial charge in [0.05, 0.1) is 5.69 Å². The number of aliphatic carboxylic acids is 1. The summed E-state index contributed by atoms with van der Waals surface area (Å²) in [5, 5.41) is 17.1. The van der Waals surface area contributed by atoms with Crippen LogP contribution in [0, 0.1) is 13.8 Å². The van der Waals surface area contributed by atoms with E-state index in [0.717, 1.165) is 0 Å². The van der Waals surface area contributed by atoms with E-state index in [-0.39, 0.29) is 5.56 Å². The molecule has 1 aromatic heterocycles. The van der Waals surface area contributed by atoms with Crippen molar-refractivity contribution in [2.45, 2.75) is 32.5 Å². The molecule has 0 spiro atoms. The zero-order chi connectivity index (χ0) is 14.8. The van der Waals surface area contributed by atoms with Gasteiger partial charge >= 0.3 is 12.1 Å². The first-order valence-corrected chi connectivity index (χ1v) is 5.22. The molecule has 1 rings (SSSR count). The van der Waals surface area contributed by atoms with Crippen molar-refractivity contribution in [3.05, 3.63) is 17.0 Å². The molecule has 106 valence electrons. The monoisotopic (exact) mass is 279 g/mol. The molecule has 0 aliphatic carbocycles. The Kier molecular flexibility index (Phi) is 4.17. The minimum absolute atomic E-state index is 0.156. The molecule has 6 nitrogen and oxygen atoms in total. The Labute approximate surface area is 106 Å². The predicted octanol–water partition coefficient (Wildman–Crippen LogP) is 1.22. The molecule has 0 aliphatic rings. The van der Waals surface area contributed by atoms with Crippen LogP contribution >= 0.6 is 0 Å². The van der Waals surface area contributed by atoms with Crippen molar-refractivity contribution in [3.8, 4) is 0 Å². The zero-order valence-electron chi connectivity index (χ0n) is 10.1. The number of rotatable bonds is 4. The Morgan fingerprint density at radius 2 is 2.00 bits per heavy atom. The zero-order valence-corrected chi connectivity index (χ0v) is 10.1. The second-order valence-corrected chi connectivity index (χ2v) is 3.98. The number of H-pyrrole nitrogens is 1. The van der Waals surface area contributed by atoms with Crippen LogP contribution in [0.1, 0.15) is 29.4 Å². The van der Waals surface area contributed by atoms with Crippen LogP contribution in [0.25, 0.3) is 0 Å². The average molecular weight is 279 g/mol. The minimum atomic E-state index is -4.69. The van der Waals surface area contributed by atoms with Gasteiger partial charge in [-0.25, -0.2) is 4.79 Å². The Hall–Kier alpha value is -2.06. The number of aryl methyl sites for hydroxylation is 2. The van der Waals surface area contributed by atoms with E-state index in [1.807, 2.05) is 5.32 Å². The SMILES string of the molecule is Cc1n[nH]c(C)c1C(NC(=O)CC(F)(F)F)C(=O)O. The number of alkyl halides is 3. The number of nitrogens with zero attached hydrogens (tertiary/aromatic N) is 1. The molecule has 0 saturated heterocycles. The van der Waals surface area contributed by atoms with Gasteiger partial charge in [0.1, 0.15) is 6.42 Å². The van der Waals surface area contributed by atoms with Gasteiger partial charge in [-0.05, 0) is 13.8 Å². The first-order chi connectivity index (χ1) is 8.61. The fourth-order valence-electron chi connectivity index (χ4n) is 1.64. The minimum Gasteiger partial charge on any atom is -0.479 e. The van der Waals surface area contributed by atoms with Crippen LogP contribution in [-0.4, -0.2) is 33.4 Å². The molecule has 0 saturated carbocycles. The standard InChI is InChI=1S/C10H12F3N3O3/c1-4-7(5(2)16-15-4)8(9(18)19)14-6(17)3-10(11,12)13/h8H,3H2,1-2H3,(H,14,17)(H,15,16)(H,18,19). The van der Waals surface area contributed by atoms with Crippen LogP contribution < -0.4 is 5.32 Å². The highest BCUT2D eigenvalue weighted by Gasteiger charge is 2.34. The van der Waals surface area contributed by atoms with Gasteiger partial charge in [-0.15, -0.1) is 0 Å². The van der Waals surface area contributed by atoms with E-state index in [1.165, 1.54) is 13.8 Å². The predicted molar refractivity (Wildman–Crippen MR) is 57.3 cm³/mol. The van der Waals surface area contributed by atoms with Crippen molar-refractivity contribution in [1.82, 2.24) is 15.5 Å². The number of hydrogen-bond acceptors (Lipinski definition) is 3. The molecular formula is C10H12F3N3O3. The highest BCUT2D eigenvalue weighted by atomic mass is 19.4. The molecule has 1 heterocycles. The van der Waals surface area contributed by atoms with Gasteiger partial charge in [-0.1, -0.05) is 0 Å².